The molecule has 3 unspecified atom stereocenters. The van der Waals surface area contributed by atoms with Crippen LogP contribution in [-0.4, -0.2) is 54.0 Å². The molecule has 2 N–H and O–H groups in total. The van der Waals surface area contributed by atoms with Crippen LogP contribution >= 0.6 is 0 Å². The molecule has 1 heterocycles. The minimum absolute atomic E-state index is 0.0158. The lowest BCUT2D eigenvalue weighted by atomic mass is 9.91. The second-order valence-corrected chi connectivity index (χ2v) is 7.32. The second-order valence-electron chi connectivity index (χ2n) is 7.32. The van der Waals surface area contributed by atoms with Gasteiger partial charge in [0.15, 0.2) is 0 Å². The van der Waals surface area contributed by atoms with Crippen LogP contribution in [0.2, 0.25) is 0 Å². The second kappa shape index (κ2) is 9.41. The molecule has 0 radical (unpaired) electrons. The number of carbonyl (C=O) groups excluding carboxylic acids is 2. The van der Waals surface area contributed by atoms with E-state index < -0.39 is 36.5 Å². The van der Waals surface area contributed by atoms with E-state index in [9.17, 15) is 22.8 Å². The molecule has 0 aliphatic carbocycles. The third-order valence-corrected chi connectivity index (χ3v) is 5.26. The molecular weight excluding hydrogens is 371 g/mol. The number of benzene rings is 1. The summed E-state index contributed by atoms with van der Waals surface area (Å²) in [7, 11) is 0. The maximum Gasteiger partial charge on any atom is 0.406 e. The van der Waals surface area contributed by atoms with E-state index in [2.05, 4.69) is 0 Å². The van der Waals surface area contributed by atoms with Gasteiger partial charge in [-0.3, -0.25) is 9.59 Å². The molecule has 1 saturated heterocycles. The predicted molar refractivity (Wildman–Crippen MR) is 100 cm³/mol. The highest BCUT2D eigenvalue weighted by atomic mass is 19.4. The van der Waals surface area contributed by atoms with E-state index >= 15 is 0 Å². The molecule has 1 aromatic carbocycles. The number of amides is 2. The number of piperidine rings is 1. The summed E-state index contributed by atoms with van der Waals surface area (Å²) >= 11 is 0. The number of nitrogens with two attached hydrogens (primary N) is 1. The van der Waals surface area contributed by atoms with E-state index in [0.29, 0.717) is 19.4 Å². The number of hydrogen-bond donors (Lipinski definition) is 1. The van der Waals surface area contributed by atoms with Gasteiger partial charge in [0.25, 0.3) is 0 Å². The molecule has 0 bridgehead atoms. The van der Waals surface area contributed by atoms with Gasteiger partial charge >= 0.3 is 6.18 Å². The van der Waals surface area contributed by atoms with Crippen molar-refractivity contribution in [3.8, 4) is 0 Å². The summed E-state index contributed by atoms with van der Waals surface area (Å²) in [5.41, 5.74) is 7.07. The van der Waals surface area contributed by atoms with Crippen LogP contribution in [-0.2, 0) is 9.59 Å². The lowest BCUT2D eigenvalue weighted by Gasteiger charge is -2.37. The average molecular weight is 399 g/mol. The van der Waals surface area contributed by atoms with Crippen molar-refractivity contribution >= 4 is 11.8 Å². The predicted octanol–water partition coefficient (Wildman–Crippen LogP) is 2.97. The SMILES string of the molecule is CCN(CC(F)(F)F)C(=O)C1CCCN(C(=O)C(C)C(N)c2ccccc2)C1. The molecule has 156 valence electrons. The Morgan fingerprint density at radius 1 is 1.29 bits per heavy atom. The Morgan fingerprint density at radius 2 is 1.93 bits per heavy atom. The van der Waals surface area contributed by atoms with Gasteiger partial charge in [0.2, 0.25) is 11.8 Å². The first-order chi connectivity index (χ1) is 13.1. The fourth-order valence-corrected chi connectivity index (χ4v) is 3.60. The van der Waals surface area contributed by atoms with E-state index in [1.165, 1.54) is 6.92 Å². The minimum Gasteiger partial charge on any atom is -0.342 e. The molecule has 28 heavy (non-hydrogen) atoms. The number of hydrogen-bond acceptors (Lipinski definition) is 3. The van der Waals surface area contributed by atoms with Gasteiger partial charge in [-0.1, -0.05) is 37.3 Å². The van der Waals surface area contributed by atoms with Crippen molar-refractivity contribution in [1.29, 1.82) is 0 Å². The highest BCUT2D eigenvalue weighted by molar-refractivity contribution is 5.82. The van der Waals surface area contributed by atoms with Gasteiger partial charge in [0.1, 0.15) is 6.54 Å². The van der Waals surface area contributed by atoms with Crippen LogP contribution in [0.25, 0.3) is 0 Å². The van der Waals surface area contributed by atoms with E-state index in [1.54, 1.807) is 11.8 Å². The fraction of sp³-hybridized carbons (Fsp3) is 0.600. The molecule has 1 aromatic rings. The van der Waals surface area contributed by atoms with E-state index in [1.807, 2.05) is 30.3 Å². The highest BCUT2D eigenvalue weighted by Crippen LogP contribution is 2.26. The normalized spacial score (nSPS) is 19.8. The molecule has 0 spiro atoms. The Hall–Kier alpha value is -2.09. The maximum atomic E-state index is 12.9. The number of carbonyl (C=O) groups is 2. The molecule has 0 aromatic heterocycles. The maximum absolute atomic E-state index is 12.9. The van der Waals surface area contributed by atoms with Crippen molar-refractivity contribution in [1.82, 2.24) is 9.80 Å². The van der Waals surface area contributed by atoms with Crippen molar-refractivity contribution in [3.05, 3.63) is 35.9 Å². The average Bonchev–Trinajstić information content (AvgIpc) is 2.69. The molecule has 2 amide bonds. The van der Waals surface area contributed by atoms with Crippen LogP contribution in [0.4, 0.5) is 13.2 Å². The summed E-state index contributed by atoms with van der Waals surface area (Å²) in [6, 6.07) is 8.79. The zero-order chi connectivity index (χ0) is 20.9. The third-order valence-electron chi connectivity index (χ3n) is 5.26. The molecular formula is C20H28F3N3O2. The molecule has 1 aliphatic heterocycles. The van der Waals surface area contributed by atoms with Gasteiger partial charge in [-0.05, 0) is 25.3 Å². The Morgan fingerprint density at radius 3 is 2.50 bits per heavy atom. The zero-order valence-electron chi connectivity index (χ0n) is 16.3. The Bertz CT molecular complexity index is 666. The number of likely N-dealkylation sites (tertiary alicyclic amines) is 1. The molecule has 0 saturated carbocycles. The number of alkyl halides is 3. The third kappa shape index (κ3) is 5.70. The smallest absolute Gasteiger partial charge is 0.342 e. The van der Waals surface area contributed by atoms with Gasteiger partial charge in [-0.25, -0.2) is 0 Å². The minimum atomic E-state index is -4.44. The quantitative estimate of drug-likeness (QED) is 0.800. The van der Waals surface area contributed by atoms with Gasteiger partial charge < -0.3 is 15.5 Å². The van der Waals surface area contributed by atoms with Crippen molar-refractivity contribution in [2.24, 2.45) is 17.6 Å². The lowest BCUT2D eigenvalue weighted by molar-refractivity contribution is -0.165. The molecule has 8 heteroatoms. The van der Waals surface area contributed by atoms with E-state index in [4.69, 9.17) is 5.73 Å². The molecule has 5 nitrogen and oxygen atoms in total. The highest BCUT2D eigenvalue weighted by Gasteiger charge is 2.37. The van der Waals surface area contributed by atoms with Crippen molar-refractivity contribution in [3.63, 3.8) is 0 Å². The Balaban J connectivity index is 2.03. The van der Waals surface area contributed by atoms with Crippen LogP contribution < -0.4 is 5.73 Å². The summed E-state index contributed by atoms with van der Waals surface area (Å²) in [5, 5.41) is 0. The first kappa shape index (κ1) is 22.2. The molecule has 1 fully saturated rings. The van der Waals surface area contributed by atoms with E-state index in [-0.39, 0.29) is 19.0 Å². The Kier molecular flexibility index (Phi) is 7.46. The summed E-state index contributed by atoms with van der Waals surface area (Å²) in [6.07, 6.45) is -3.37. The van der Waals surface area contributed by atoms with Crippen LogP contribution in [0.5, 0.6) is 0 Å². The van der Waals surface area contributed by atoms with Gasteiger partial charge in [-0.15, -0.1) is 0 Å². The summed E-state index contributed by atoms with van der Waals surface area (Å²) in [4.78, 5) is 27.8. The number of nitrogens with zero attached hydrogens (tertiary/aromatic N) is 2. The van der Waals surface area contributed by atoms with Gasteiger partial charge in [0.05, 0.1) is 11.8 Å². The van der Waals surface area contributed by atoms with Crippen molar-refractivity contribution in [2.45, 2.75) is 38.9 Å². The van der Waals surface area contributed by atoms with E-state index in [0.717, 1.165) is 10.5 Å². The molecule has 1 aliphatic rings. The zero-order valence-corrected chi connectivity index (χ0v) is 16.3. The van der Waals surface area contributed by atoms with Crippen molar-refractivity contribution < 1.29 is 22.8 Å². The standard InChI is InChI=1S/C20H28F3N3O2/c1-3-25(13-20(21,22)23)19(28)16-10-7-11-26(12-16)18(27)14(2)17(24)15-8-5-4-6-9-15/h4-6,8-9,14,16-17H,3,7,10-13,24H2,1-2H3. The topological polar surface area (TPSA) is 66.6 Å². The number of rotatable bonds is 6. The van der Waals surface area contributed by atoms with Crippen LogP contribution in [0.1, 0.15) is 38.3 Å². The van der Waals surface area contributed by atoms with Crippen LogP contribution in [0, 0.1) is 11.8 Å². The summed E-state index contributed by atoms with van der Waals surface area (Å²) in [5.74, 6) is -1.82. The Labute approximate surface area is 163 Å². The summed E-state index contributed by atoms with van der Waals surface area (Å²) in [6.45, 7) is 2.61. The van der Waals surface area contributed by atoms with Gasteiger partial charge in [0, 0.05) is 25.7 Å². The fourth-order valence-electron chi connectivity index (χ4n) is 3.60. The molecule has 3 atom stereocenters. The lowest BCUT2D eigenvalue weighted by Crippen LogP contribution is -2.50. The first-order valence-corrected chi connectivity index (χ1v) is 9.59. The summed E-state index contributed by atoms with van der Waals surface area (Å²) < 4.78 is 38.1. The first-order valence-electron chi connectivity index (χ1n) is 9.59. The van der Waals surface area contributed by atoms with Gasteiger partial charge in [-0.2, -0.15) is 13.2 Å². The number of halogens is 3. The van der Waals surface area contributed by atoms with Crippen molar-refractivity contribution in [2.75, 3.05) is 26.2 Å². The molecule has 2 rings (SSSR count). The monoisotopic (exact) mass is 399 g/mol. The largest absolute Gasteiger partial charge is 0.406 e. The van der Waals surface area contributed by atoms with Crippen LogP contribution in [0.3, 0.4) is 0 Å². The van der Waals surface area contributed by atoms with Crippen LogP contribution in [0.15, 0.2) is 30.3 Å².